The number of likely N-dealkylation sites (N-methyl/N-ethyl adjacent to an activating group) is 1. The molecule has 0 atom stereocenters. The zero-order chi connectivity index (χ0) is 10.4. The zero-order valence-corrected chi connectivity index (χ0v) is 9.03. The maximum atomic E-state index is 5.53. The number of aromatic nitrogens is 1. The van der Waals surface area contributed by atoms with Crippen LogP contribution in [0.2, 0.25) is 0 Å². The third-order valence-electron chi connectivity index (χ3n) is 2.27. The quantitative estimate of drug-likeness (QED) is 0.763. The van der Waals surface area contributed by atoms with Gasteiger partial charge in [-0.15, -0.1) is 0 Å². The molecule has 78 valence electrons. The molecule has 0 amide bonds. The van der Waals surface area contributed by atoms with Crippen molar-refractivity contribution >= 4 is 0 Å². The van der Waals surface area contributed by atoms with Gasteiger partial charge in [0.15, 0.2) is 0 Å². The lowest BCUT2D eigenvalue weighted by Gasteiger charge is -2.19. The van der Waals surface area contributed by atoms with Crippen molar-refractivity contribution in [3.63, 3.8) is 0 Å². The van der Waals surface area contributed by atoms with Gasteiger partial charge in [-0.25, -0.2) is 0 Å². The molecule has 0 bridgehead atoms. The second kappa shape index (κ2) is 5.73. The highest BCUT2D eigenvalue weighted by Gasteiger charge is 2.01. The molecule has 0 unspecified atom stereocenters. The predicted octanol–water partition coefficient (Wildman–Crippen LogP) is 1.17. The van der Waals surface area contributed by atoms with Crippen molar-refractivity contribution in [2.24, 2.45) is 5.73 Å². The minimum atomic E-state index is 0.715. The van der Waals surface area contributed by atoms with Gasteiger partial charge in [-0.3, -0.25) is 9.88 Å². The van der Waals surface area contributed by atoms with Crippen molar-refractivity contribution in [2.45, 2.75) is 20.4 Å². The van der Waals surface area contributed by atoms with E-state index in [2.05, 4.69) is 22.9 Å². The van der Waals surface area contributed by atoms with Crippen molar-refractivity contribution in [3.8, 4) is 0 Å². The Labute approximate surface area is 85.9 Å². The summed E-state index contributed by atoms with van der Waals surface area (Å²) in [5.41, 5.74) is 7.85. The Balaban J connectivity index is 2.53. The molecule has 3 nitrogen and oxygen atoms in total. The number of aryl methyl sites for hydroxylation is 1. The van der Waals surface area contributed by atoms with Crippen molar-refractivity contribution in [1.29, 1.82) is 0 Å². The largest absolute Gasteiger partial charge is 0.329 e. The first-order valence-corrected chi connectivity index (χ1v) is 5.10. The Morgan fingerprint density at radius 3 is 2.71 bits per heavy atom. The average Bonchev–Trinajstić information content (AvgIpc) is 2.20. The van der Waals surface area contributed by atoms with Crippen LogP contribution in [0.3, 0.4) is 0 Å². The monoisotopic (exact) mass is 193 g/mol. The van der Waals surface area contributed by atoms with E-state index >= 15 is 0 Å². The summed E-state index contributed by atoms with van der Waals surface area (Å²) < 4.78 is 0. The summed E-state index contributed by atoms with van der Waals surface area (Å²) in [6, 6.07) is 4.17. The number of nitrogens with zero attached hydrogens (tertiary/aromatic N) is 2. The first kappa shape index (κ1) is 11.1. The molecule has 1 heterocycles. The van der Waals surface area contributed by atoms with Crippen LogP contribution in [0, 0.1) is 6.92 Å². The predicted molar refractivity (Wildman–Crippen MR) is 59.0 cm³/mol. The van der Waals surface area contributed by atoms with Gasteiger partial charge in [-0.1, -0.05) is 13.0 Å². The highest BCUT2D eigenvalue weighted by atomic mass is 15.1. The van der Waals surface area contributed by atoms with Gasteiger partial charge in [0.1, 0.15) is 0 Å². The Morgan fingerprint density at radius 1 is 1.43 bits per heavy atom. The maximum Gasteiger partial charge on any atom is 0.0372 e. The zero-order valence-electron chi connectivity index (χ0n) is 9.03. The summed E-state index contributed by atoms with van der Waals surface area (Å²) in [4.78, 5) is 6.58. The van der Waals surface area contributed by atoms with Crippen LogP contribution in [0.1, 0.15) is 18.2 Å². The van der Waals surface area contributed by atoms with Gasteiger partial charge in [0.05, 0.1) is 0 Å². The minimum Gasteiger partial charge on any atom is -0.329 e. The van der Waals surface area contributed by atoms with Gasteiger partial charge in [-0.05, 0) is 25.1 Å². The normalized spacial score (nSPS) is 10.9. The number of nitrogens with two attached hydrogens (primary N) is 1. The number of hydrogen-bond donors (Lipinski definition) is 1. The smallest absolute Gasteiger partial charge is 0.0372 e. The van der Waals surface area contributed by atoms with E-state index in [0.29, 0.717) is 6.54 Å². The third-order valence-corrected chi connectivity index (χ3v) is 2.27. The highest BCUT2D eigenvalue weighted by Crippen LogP contribution is 2.03. The molecule has 0 aliphatic rings. The average molecular weight is 193 g/mol. The van der Waals surface area contributed by atoms with Gasteiger partial charge in [0.25, 0.3) is 0 Å². The summed E-state index contributed by atoms with van der Waals surface area (Å²) in [5.74, 6) is 0. The van der Waals surface area contributed by atoms with Crippen LogP contribution >= 0.6 is 0 Å². The number of pyridine rings is 1. The molecular formula is C11H19N3. The Bertz CT molecular complexity index is 256. The number of hydrogen-bond acceptors (Lipinski definition) is 3. The molecule has 14 heavy (non-hydrogen) atoms. The molecule has 0 aliphatic carbocycles. The summed E-state index contributed by atoms with van der Waals surface area (Å²) in [7, 11) is 0. The fraction of sp³-hybridized carbons (Fsp3) is 0.545. The Kier molecular flexibility index (Phi) is 4.56. The summed E-state index contributed by atoms with van der Waals surface area (Å²) >= 11 is 0. The maximum absolute atomic E-state index is 5.53. The van der Waals surface area contributed by atoms with Crippen LogP contribution in [0.4, 0.5) is 0 Å². The fourth-order valence-corrected chi connectivity index (χ4v) is 1.38. The van der Waals surface area contributed by atoms with Gasteiger partial charge >= 0.3 is 0 Å². The summed E-state index contributed by atoms with van der Waals surface area (Å²) in [6.07, 6.45) is 1.94. The molecular weight excluding hydrogens is 174 g/mol. The van der Waals surface area contributed by atoms with Gasteiger partial charge in [0.2, 0.25) is 0 Å². The van der Waals surface area contributed by atoms with Crippen molar-refractivity contribution < 1.29 is 0 Å². The molecule has 1 rings (SSSR count). The second-order valence-corrected chi connectivity index (χ2v) is 3.47. The van der Waals surface area contributed by atoms with Gasteiger partial charge < -0.3 is 5.73 Å². The standard InChI is InChI=1S/C11H19N3/c1-3-14(7-6-12)9-11-5-4-10(2)13-8-11/h4-5,8H,3,6-7,9,12H2,1-2H3. The molecule has 0 radical (unpaired) electrons. The van der Waals surface area contributed by atoms with Crippen LogP contribution in [-0.2, 0) is 6.54 Å². The first-order valence-electron chi connectivity index (χ1n) is 5.10. The third kappa shape index (κ3) is 3.44. The van der Waals surface area contributed by atoms with E-state index in [1.807, 2.05) is 19.2 Å². The molecule has 0 saturated carbocycles. The van der Waals surface area contributed by atoms with Crippen LogP contribution in [0.5, 0.6) is 0 Å². The van der Waals surface area contributed by atoms with Crippen molar-refractivity contribution in [1.82, 2.24) is 9.88 Å². The lowest BCUT2D eigenvalue weighted by Crippen LogP contribution is -2.28. The molecule has 0 aromatic carbocycles. The SMILES string of the molecule is CCN(CCN)Cc1ccc(C)nc1. The lowest BCUT2D eigenvalue weighted by atomic mass is 10.2. The van der Waals surface area contributed by atoms with E-state index in [9.17, 15) is 0 Å². The second-order valence-electron chi connectivity index (χ2n) is 3.47. The Hall–Kier alpha value is -0.930. The number of rotatable bonds is 5. The first-order chi connectivity index (χ1) is 6.76. The van der Waals surface area contributed by atoms with E-state index in [-0.39, 0.29) is 0 Å². The van der Waals surface area contributed by atoms with Crippen LogP contribution < -0.4 is 5.73 Å². The Morgan fingerprint density at radius 2 is 2.21 bits per heavy atom. The molecule has 0 fully saturated rings. The molecule has 0 aliphatic heterocycles. The van der Waals surface area contributed by atoms with Crippen LogP contribution in [0.15, 0.2) is 18.3 Å². The molecule has 3 heteroatoms. The van der Waals surface area contributed by atoms with Gasteiger partial charge in [0, 0.05) is 31.5 Å². The fourth-order valence-electron chi connectivity index (χ4n) is 1.38. The summed E-state index contributed by atoms with van der Waals surface area (Å²) in [6.45, 7) is 7.79. The topological polar surface area (TPSA) is 42.1 Å². The van der Waals surface area contributed by atoms with E-state index in [4.69, 9.17) is 5.73 Å². The molecule has 1 aromatic rings. The highest BCUT2D eigenvalue weighted by molar-refractivity contribution is 5.12. The summed E-state index contributed by atoms with van der Waals surface area (Å²) in [5, 5.41) is 0. The van der Waals surface area contributed by atoms with Crippen LogP contribution in [0.25, 0.3) is 0 Å². The molecule has 1 aromatic heterocycles. The van der Waals surface area contributed by atoms with Crippen LogP contribution in [-0.4, -0.2) is 29.5 Å². The minimum absolute atomic E-state index is 0.715. The van der Waals surface area contributed by atoms with Crippen molar-refractivity contribution in [2.75, 3.05) is 19.6 Å². The van der Waals surface area contributed by atoms with Crippen molar-refractivity contribution in [3.05, 3.63) is 29.6 Å². The van der Waals surface area contributed by atoms with E-state index < -0.39 is 0 Å². The molecule has 2 N–H and O–H groups in total. The van der Waals surface area contributed by atoms with E-state index in [1.165, 1.54) is 5.56 Å². The van der Waals surface area contributed by atoms with E-state index in [1.54, 1.807) is 0 Å². The van der Waals surface area contributed by atoms with Gasteiger partial charge in [-0.2, -0.15) is 0 Å². The molecule has 0 saturated heterocycles. The molecule has 0 spiro atoms. The lowest BCUT2D eigenvalue weighted by molar-refractivity contribution is 0.288. The van der Waals surface area contributed by atoms with E-state index in [0.717, 1.165) is 25.3 Å².